The van der Waals surface area contributed by atoms with Gasteiger partial charge in [-0.25, -0.2) is 0 Å². The average Bonchev–Trinajstić information content (AvgIpc) is 2.56. The zero-order valence-electron chi connectivity index (χ0n) is 13.1. The first-order chi connectivity index (χ1) is 12.2. The smallest absolute Gasteiger partial charge is 0.326 e. The summed E-state index contributed by atoms with van der Waals surface area (Å²) in [7, 11) is 0. The third-order valence-corrected chi connectivity index (χ3v) is 5.24. The van der Waals surface area contributed by atoms with Gasteiger partial charge in [0.15, 0.2) is 0 Å². The van der Waals surface area contributed by atoms with Gasteiger partial charge in [-0.2, -0.15) is 13.2 Å². The van der Waals surface area contributed by atoms with Gasteiger partial charge in [0.05, 0.1) is 21.5 Å². The van der Waals surface area contributed by atoms with Crippen molar-refractivity contribution in [2.24, 2.45) is 0 Å². The van der Waals surface area contributed by atoms with Crippen molar-refractivity contribution in [1.82, 2.24) is 0 Å². The van der Waals surface area contributed by atoms with Crippen molar-refractivity contribution < 1.29 is 22.8 Å². The molecule has 3 rings (SSSR count). The summed E-state index contributed by atoms with van der Waals surface area (Å²) in [4.78, 5) is 25.1. The van der Waals surface area contributed by atoms with E-state index in [0.717, 1.165) is 17.0 Å². The minimum absolute atomic E-state index is 0.0339. The Bertz CT molecular complexity index is 873. The lowest BCUT2D eigenvalue weighted by molar-refractivity contribution is -0.137. The molecule has 1 aliphatic heterocycles. The molecule has 1 aliphatic rings. The van der Waals surface area contributed by atoms with Crippen molar-refractivity contribution in [2.45, 2.75) is 22.7 Å². The summed E-state index contributed by atoms with van der Waals surface area (Å²) in [5, 5.41) is 3.98. The van der Waals surface area contributed by atoms with Crippen LogP contribution >= 0.6 is 23.4 Å². The molecule has 26 heavy (non-hydrogen) atoms. The molecule has 2 aromatic carbocycles. The fraction of sp³-hybridized carbons (Fsp3) is 0.176. The van der Waals surface area contributed by atoms with Gasteiger partial charge in [0.2, 0.25) is 11.8 Å². The molecule has 0 saturated carbocycles. The lowest BCUT2D eigenvalue weighted by Gasteiger charge is -2.23. The number of halogens is 4. The maximum absolute atomic E-state index is 12.9. The number of nitrogens with one attached hydrogen (secondary N) is 2. The molecule has 1 unspecified atom stereocenters. The number of benzene rings is 2. The Morgan fingerprint density at radius 2 is 1.96 bits per heavy atom. The predicted octanol–water partition coefficient (Wildman–Crippen LogP) is 4.80. The summed E-state index contributed by atoms with van der Waals surface area (Å²) in [6.45, 7) is 0. The number of anilines is 2. The first kappa shape index (κ1) is 18.6. The number of rotatable bonds is 3. The van der Waals surface area contributed by atoms with Gasteiger partial charge in [-0.05, 0) is 30.3 Å². The summed E-state index contributed by atoms with van der Waals surface area (Å²) < 4.78 is 38.6. The monoisotopic (exact) mass is 400 g/mol. The van der Waals surface area contributed by atoms with E-state index in [4.69, 9.17) is 11.6 Å². The first-order valence-corrected chi connectivity index (χ1v) is 8.73. The molecule has 0 radical (unpaired) electrons. The van der Waals surface area contributed by atoms with Crippen LogP contribution in [0, 0.1) is 0 Å². The van der Waals surface area contributed by atoms with E-state index >= 15 is 0 Å². The third-order valence-electron chi connectivity index (χ3n) is 3.63. The highest BCUT2D eigenvalue weighted by atomic mass is 35.5. The number of carbonyl (C=O) groups is 2. The van der Waals surface area contributed by atoms with Crippen LogP contribution in [0.25, 0.3) is 0 Å². The van der Waals surface area contributed by atoms with E-state index in [1.165, 1.54) is 17.8 Å². The molecule has 2 N–H and O–H groups in total. The van der Waals surface area contributed by atoms with Crippen LogP contribution in [0.2, 0.25) is 5.02 Å². The summed E-state index contributed by atoms with van der Waals surface area (Å²) in [5.41, 5.74) is -0.393. The van der Waals surface area contributed by atoms with Crippen LogP contribution in [0.5, 0.6) is 0 Å². The molecule has 2 aromatic rings. The number of hydrogen-bond acceptors (Lipinski definition) is 3. The first-order valence-electron chi connectivity index (χ1n) is 7.47. The molecule has 2 amide bonds. The molecular weight excluding hydrogens is 389 g/mol. The second-order valence-corrected chi connectivity index (χ2v) is 7.19. The fourth-order valence-corrected chi connectivity index (χ4v) is 3.76. The van der Waals surface area contributed by atoms with Gasteiger partial charge >= 0.3 is 6.18 Å². The molecule has 4 nitrogen and oxygen atoms in total. The Labute approximate surface area is 156 Å². The maximum atomic E-state index is 12.9. The number of amides is 2. The fourth-order valence-electron chi connectivity index (χ4n) is 2.43. The van der Waals surface area contributed by atoms with Crippen LogP contribution < -0.4 is 10.6 Å². The van der Waals surface area contributed by atoms with Gasteiger partial charge in [-0.1, -0.05) is 23.7 Å². The van der Waals surface area contributed by atoms with Crippen molar-refractivity contribution >= 4 is 46.6 Å². The van der Waals surface area contributed by atoms with Crippen molar-refractivity contribution in [3.05, 3.63) is 53.1 Å². The summed E-state index contributed by atoms with van der Waals surface area (Å²) >= 11 is 6.79. The van der Waals surface area contributed by atoms with E-state index in [-0.39, 0.29) is 18.0 Å². The van der Waals surface area contributed by atoms with Gasteiger partial charge in [-0.15, -0.1) is 11.8 Å². The molecule has 0 bridgehead atoms. The number of fused-ring (bicyclic) bond motifs is 1. The zero-order valence-corrected chi connectivity index (χ0v) is 14.6. The topological polar surface area (TPSA) is 58.2 Å². The van der Waals surface area contributed by atoms with Crippen LogP contribution in [0.15, 0.2) is 47.4 Å². The minimum atomic E-state index is -4.62. The molecule has 1 heterocycles. The summed E-state index contributed by atoms with van der Waals surface area (Å²) in [6, 6.07) is 10.3. The predicted molar refractivity (Wildman–Crippen MR) is 94.4 cm³/mol. The van der Waals surface area contributed by atoms with Gasteiger partial charge in [0.25, 0.3) is 0 Å². The standard InChI is InChI=1S/C17H12ClF3N2O2S/c18-11-6-5-9(7-10(11)17(19,20)21)22-15(24)8-14-16(25)23-12-3-1-2-4-13(12)26-14/h1-7,14H,8H2,(H,22,24)(H,23,25). The molecule has 136 valence electrons. The Morgan fingerprint density at radius 3 is 2.69 bits per heavy atom. The van der Waals surface area contributed by atoms with E-state index < -0.39 is 27.9 Å². The molecule has 0 saturated heterocycles. The Hall–Kier alpha value is -2.19. The largest absolute Gasteiger partial charge is 0.417 e. The zero-order chi connectivity index (χ0) is 18.9. The third kappa shape index (κ3) is 4.13. The second-order valence-electron chi connectivity index (χ2n) is 5.54. The number of para-hydroxylation sites is 1. The number of alkyl halides is 3. The SMILES string of the molecule is O=C(CC1Sc2ccccc2NC1=O)Nc1ccc(Cl)c(C(F)(F)F)c1. The van der Waals surface area contributed by atoms with Crippen molar-refractivity contribution in [1.29, 1.82) is 0 Å². The van der Waals surface area contributed by atoms with E-state index in [2.05, 4.69) is 10.6 Å². The number of thioether (sulfide) groups is 1. The summed E-state index contributed by atoms with van der Waals surface area (Å²) in [5.74, 6) is -0.886. The Kier molecular flexibility index (Phi) is 5.15. The van der Waals surface area contributed by atoms with Crippen LogP contribution in [0.4, 0.5) is 24.5 Å². The highest BCUT2D eigenvalue weighted by Gasteiger charge is 2.34. The van der Waals surface area contributed by atoms with Crippen LogP contribution in [0.3, 0.4) is 0 Å². The van der Waals surface area contributed by atoms with Crippen LogP contribution in [-0.4, -0.2) is 17.1 Å². The molecule has 0 aliphatic carbocycles. The summed E-state index contributed by atoms with van der Waals surface area (Å²) in [6.07, 6.45) is -4.80. The van der Waals surface area contributed by atoms with Crippen molar-refractivity contribution in [3.63, 3.8) is 0 Å². The van der Waals surface area contributed by atoms with E-state index in [0.29, 0.717) is 5.69 Å². The normalized spacial score (nSPS) is 16.6. The van der Waals surface area contributed by atoms with Gasteiger partial charge < -0.3 is 10.6 Å². The van der Waals surface area contributed by atoms with Gasteiger partial charge in [-0.3, -0.25) is 9.59 Å². The van der Waals surface area contributed by atoms with Crippen molar-refractivity contribution in [2.75, 3.05) is 10.6 Å². The Balaban J connectivity index is 1.69. The molecule has 9 heteroatoms. The highest BCUT2D eigenvalue weighted by Crippen LogP contribution is 2.38. The van der Waals surface area contributed by atoms with Gasteiger partial charge in [0.1, 0.15) is 0 Å². The quantitative estimate of drug-likeness (QED) is 0.778. The number of hydrogen-bond donors (Lipinski definition) is 2. The molecule has 0 aromatic heterocycles. The molecule has 0 spiro atoms. The van der Waals surface area contributed by atoms with E-state index in [9.17, 15) is 22.8 Å². The lowest BCUT2D eigenvalue weighted by atomic mass is 10.2. The van der Waals surface area contributed by atoms with Gasteiger partial charge in [0, 0.05) is 17.0 Å². The van der Waals surface area contributed by atoms with Crippen LogP contribution in [-0.2, 0) is 15.8 Å². The average molecular weight is 401 g/mol. The highest BCUT2D eigenvalue weighted by molar-refractivity contribution is 8.01. The lowest BCUT2D eigenvalue weighted by Crippen LogP contribution is -2.32. The number of carbonyl (C=O) groups excluding carboxylic acids is 2. The Morgan fingerprint density at radius 1 is 1.23 bits per heavy atom. The second kappa shape index (κ2) is 7.20. The van der Waals surface area contributed by atoms with E-state index in [1.54, 1.807) is 12.1 Å². The van der Waals surface area contributed by atoms with E-state index in [1.807, 2.05) is 12.1 Å². The minimum Gasteiger partial charge on any atom is -0.326 e. The maximum Gasteiger partial charge on any atom is 0.417 e. The van der Waals surface area contributed by atoms with Crippen LogP contribution in [0.1, 0.15) is 12.0 Å². The molecular formula is C17H12ClF3N2O2S. The molecule has 0 fully saturated rings. The molecule has 1 atom stereocenters. The van der Waals surface area contributed by atoms with Crippen molar-refractivity contribution in [3.8, 4) is 0 Å².